The van der Waals surface area contributed by atoms with Gasteiger partial charge in [0, 0.05) is 32.2 Å². The van der Waals surface area contributed by atoms with E-state index in [1.807, 2.05) is 13.2 Å². The molecule has 0 bridgehead atoms. The molecule has 0 aromatic heterocycles. The van der Waals surface area contributed by atoms with Crippen LogP contribution in [0.3, 0.4) is 0 Å². The predicted octanol–water partition coefficient (Wildman–Crippen LogP) is 2.72. The molecule has 1 aliphatic heterocycles. The van der Waals surface area contributed by atoms with Gasteiger partial charge in [-0.2, -0.15) is 0 Å². The molecule has 3 rings (SSSR count). The second kappa shape index (κ2) is 8.19. The van der Waals surface area contributed by atoms with Crippen LogP contribution in [-0.2, 0) is 16.0 Å². The van der Waals surface area contributed by atoms with E-state index in [-0.39, 0.29) is 0 Å². The molecule has 1 aromatic carbocycles. The SMILES string of the molecule is COc1ccc(CN2CCOC[C@@H]2[C@@H]2CCC[C@@H]2OC)cc1OC. The standard InChI is InChI=1S/C19H29NO4/c1-21-17-6-4-5-15(17)16-13-24-10-9-20(16)12-14-7-8-18(22-2)19(11-14)23-3/h7-8,11,15-17H,4-6,9-10,12-13H2,1-3H3/t15-,16+,17-/m0/s1. The molecule has 2 fully saturated rings. The molecule has 2 aliphatic rings. The maximum atomic E-state index is 5.79. The Balaban J connectivity index is 1.74. The summed E-state index contributed by atoms with van der Waals surface area (Å²) in [6.45, 7) is 3.47. The average Bonchev–Trinajstić information content (AvgIpc) is 3.10. The largest absolute Gasteiger partial charge is 0.493 e. The van der Waals surface area contributed by atoms with E-state index in [1.54, 1.807) is 14.2 Å². The fraction of sp³-hybridized carbons (Fsp3) is 0.684. The fourth-order valence-electron chi connectivity index (χ4n) is 4.15. The predicted molar refractivity (Wildman–Crippen MR) is 92.7 cm³/mol. The Hall–Kier alpha value is -1.30. The molecule has 0 spiro atoms. The first-order valence-electron chi connectivity index (χ1n) is 8.82. The second-order valence-electron chi connectivity index (χ2n) is 6.67. The molecule has 134 valence electrons. The zero-order valence-electron chi connectivity index (χ0n) is 15.0. The summed E-state index contributed by atoms with van der Waals surface area (Å²) >= 11 is 0. The topological polar surface area (TPSA) is 40.2 Å². The van der Waals surface area contributed by atoms with E-state index in [0.29, 0.717) is 18.1 Å². The lowest BCUT2D eigenvalue weighted by molar-refractivity contribution is -0.0608. The fourth-order valence-corrected chi connectivity index (χ4v) is 4.15. The van der Waals surface area contributed by atoms with Crippen LogP contribution in [0.15, 0.2) is 18.2 Å². The highest BCUT2D eigenvalue weighted by molar-refractivity contribution is 5.42. The van der Waals surface area contributed by atoms with E-state index in [9.17, 15) is 0 Å². The number of rotatable bonds is 6. The third kappa shape index (κ3) is 3.68. The first-order chi connectivity index (χ1) is 11.8. The Labute approximate surface area is 144 Å². The van der Waals surface area contributed by atoms with E-state index >= 15 is 0 Å². The molecule has 1 aliphatic carbocycles. The summed E-state index contributed by atoms with van der Waals surface area (Å²) in [4.78, 5) is 2.55. The monoisotopic (exact) mass is 335 g/mol. The van der Waals surface area contributed by atoms with Gasteiger partial charge in [0.1, 0.15) is 0 Å². The van der Waals surface area contributed by atoms with Crippen LogP contribution in [-0.4, -0.2) is 58.1 Å². The van der Waals surface area contributed by atoms with Gasteiger partial charge >= 0.3 is 0 Å². The zero-order chi connectivity index (χ0) is 16.9. The number of methoxy groups -OCH3 is 3. The minimum atomic E-state index is 0.365. The molecule has 1 heterocycles. The zero-order valence-corrected chi connectivity index (χ0v) is 15.0. The molecular formula is C19H29NO4. The van der Waals surface area contributed by atoms with E-state index in [1.165, 1.54) is 24.8 Å². The second-order valence-corrected chi connectivity index (χ2v) is 6.67. The van der Waals surface area contributed by atoms with Crippen molar-refractivity contribution in [1.82, 2.24) is 4.90 Å². The Bertz CT molecular complexity index is 536. The minimum absolute atomic E-state index is 0.365. The normalized spacial score (nSPS) is 28.0. The van der Waals surface area contributed by atoms with Gasteiger partial charge in [0.15, 0.2) is 11.5 Å². The first kappa shape index (κ1) is 17.5. The lowest BCUT2D eigenvalue weighted by Gasteiger charge is -2.40. The Morgan fingerprint density at radius 1 is 1.12 bits per heavy atom. The molecule has 5 heteroatoms. The number of morpholine rings is 1. The van der Waals surface area contributed by atoms with Crippen molar-refractivity contribution in [3.05, 3.63) is 23.8 Å². The van der Waals surface area contributed by atoms with Crippen LogP contribution in [0.2, 0.25) is 0 Å². The summed E-state index contributed by atoms with van der Waals surface area (Å²) < 4.78 is 22.3. The minimum Gasteiger partial charge on any atom is -0.493 e. The van der Waals surface area contributed by atoms with Gasteiger partial charge < -0.3 is 18.9 Å². The van der Waals surface area contributed by atoms with Crippen molar-refractivity contribution < 1.29 is 18.9 Å². The summed E-state index contributed by atoms with van der Waals surface area (Å²) in [6, 6.07) is 6.61. The van der Waals surface area contributed by atoms with Crippen LogP contribution in [0, 0.1) is 5.92 Å². The summed E-state index contributed by atoms with van der Waals surface area (Å²) in [7, 11) is 5.19. The van der Waals surface area contributed by atoms with Crippen LogP contribution in [0.25, 0.3) is 0 Å². The highest BCUT2D eigenvalue weighted by atomic mass is 16.5. The number of hydrogen-bond acceptors (Lipinski definition) is 5. The summed E-state index contributed by atoms with van der Waals surface area (Å²) in [6.07, 6.45) is 4.02. The lowest BCUT2D eigenvalue weighted by Crippen LogP contribution is -2.50. The van der Waals surface area contributed by atoms with Crippen molar-refractivity contribution in [2.24, 2.45) is 5.92 Å². The van der Waals surface area contributed by atoms with E-state index < -0.39 is 0 Å². The molecule has 24 heavy (non-hydrogen) atoms. The maximum absolute atomic E-state index is 5.79. The highest BCUT2D eigenvalue weighted by Crippen LogP contribution is 2.35. The number of hydrogen-bond donors (Lipinski definition) is 0. The molecule has 0 radical (unpaired) electrons. The van der Waals surface area contributed by atoms with E-state index in [2.05, 4.69) is 17.0 Å². The van der Waals surface area contributed by atoms with Gasteiger partial charge in [0.25, 0.3) is 0 Å². The van der Waals surface area contributed by atoms with Crippen molar-refractivity contribution >= 4 is 0 Å². The highest BCUT2D eigenvalue weighted by Gasteiger charge is 2.38. The molecule has 1 saturated heterocycles. The van der Waals surface area contributed by atoms with Crippen LogP contribution in [0.5, 0.6) is 11.5 Å². The Kier molecular flexibility index (Phi) is 5.98. The van der Waals surface area contributed by atoms with Crippen LogP contribution in [0.1, 0.15) is 24.8 Å². The van der Waals surface area contributed by atoms with Crippen LogP contribution >= 0.6 is 0 Å². The molecule has 0 unspecified atom stereocenters. The van der Waals surface area contributed by atoms with Crippen molar-refractivity contribution in [3.63, 3.8) is 0 Å². The molecule has 5 nitrogen and oxygen atoms in total. The van der Waals surface area contributed by atoms with Crippen molar-refractivity contribution in [1.29, 1.82) is 0 Å². The summed E-state index contributed by atoms with van der Waals surface area (Å²) in [5.74, 6) is 2.13. The van der Waals surface area contributed by atoms with Gasteiger partial charge in [-0.25, -0.2) is 0 Å². The molecular weight excluding hydrogens is 306 g/mol. The molecule has 0 N–H and O–H groups in total. The summed E-state index contributed by atoms with van der Waals surface area (Å²) in [5.41, 5.74) is 1.24. The molecule has 1 aromatic rings. The molecule has 0 amide bonds. The van der Waals surface area contributed by atoms with Crippen molar-refractivity contribution in [3.8, 4) is 11.5 Å². The average molecular weight is 335 g/mol. The van der Waals surface area contributed by atoms with Gasteiger partial charge in [-0.1, -0.05) is 12.5 Å². The van der Waals surface area contributed by atoms with E-state index in [0.717, 1.165) is 37.8 Å². The van der Waals surface area contributed by atoms with Gasteiger partial charge in [-0.15, -0.1) is 0 Å². The summed E-state index contributed by atoms with van der Waals surface area (Å²) in [5, 5.41) is 0. The lowest BCUT2D eigenvalue weighted by atomic mass is 9.93. The quantitative estimate of drug-likeness (QED) is 0.799. The van der Waals surface area contributed by atoms with Crippen molar-refractivity contribution in [2.45, 2.75) is 38.0 Å². The van der Waals surface area contributed by atoms with Gasteiger partial charge in [0.2, 0.25) is 0 Å². The molecule has 3 atom stereocenters. The van der Waals surface area contributed by atoms with Crippen LogP contribution in [0.4, 0.5) is 0 Å². The number of benzene rings is 1. The molecule has 1 saturated carbocycles. The van der Waals surface area contributed by atoms with Crippen LogP contribution < -0.4 is 9.47 Å². The van der Waals surface area contributed by atoms with Gasteiger partial charge in [-0.05, 0) is 30.5 Å². The van der Waals surface area contributed by atoms with Gasteiger partial charge in [-0.3, -0.25) is 4.90 Å². The third-order valence-electron chi connectivity index (χ3n) is 5.41. The number of ether oxygens (including phenoxy) is 4. The number of nitrogens with zero attached hydrogens (tertiary/aromatic N) is 1. The maximum Gasteiger partial charge on any atom is 0.161 e. The Morgan fingerprint density at radius 2 is 1.96 bits per heavy atom. The first-order valence-corrected chi connectivity index (χ1v) is 8.82. The van der Waals surface area contributed by atoms with Crippen molar-refractivity contribution in [2.75, 3.05) is 41.1 Å². The third-order valence-corrected chi connectivity index (χ3v) is 5.41. The van der Waals surface area contributed by atoms with E-state index in [4.69, 9.17) is 18.9 Å². The Morgan fingerprint density at radius 3 is 2.71 bits per heavy atom. The van der Waals surface area contributed by atoms with Gasteiger partial charge in [0.05, 0.1) is 33.5 Å². The smallest absolute Gasteiger partial charge is 0.161 e.